The van der Waals surface area contributed by atoms with Crippen LogP contribution in [0.2, 0.25) is 0 Å². The second kappa shape index (κ2) is 17.0. The average Bonchev–Trinajstić information content (AvgIpc) is 2.89. The lowest BCUT2D eigenvalue weighted by atomic mass is 9.96. The number of phenolic OH excluding ortho intramolecular Hbond substituents is 1. The zero-order chi connectivity index (χ0) is 29.5. The van der Waals surface area contributed by atoms with Gasteiger partial charge in [-0.3, -0.25) is 19.2 Å². The Bertz CT molecular complexity index is 972. The van der Waals surface area contributed by atoms with Crippen molar-refractivity contribution < 1.29 is 39.3 Å². The van der Waals surface area contributed by atoms with Crippen LogP contribution in [0, 0.1) is 5.92 Å². The number of aromatic hydroxyl groups is 1. The second-order valence-electron chi connectivity index (χ2n) is 9.53. The van der Waals surface area contributed by atoms with E-state index in [1.54, 1.807) is 26.0 Å². The minimum atomic E-state index is -1.45. The largest absolute Gasteiger partial charge is 0.508 e. The molecule has 0 radical (unpaired) electrons. The number of carboxylic acids is 2. The molecule has 13 nitrogen and oxygen atoms in total. The number of nitrogens with two attached hydrogens (primary N) is 2. The molecule has 0 saturated carbocycles. The maximum Gasteiger partial charge on any atom is 0.326 e. The number of carbonyl (C=O) groups is 5. The highest BCUT2D eigenvalue weighted by molar-refractivity contribution is 5.94. The fourth-order valence-electron chi connectivity index (χ4n) is 3.76. The summed E-state index contributed by atoms with van der Waals surface area (Å²) in [6.45, 7) is 3.87. The summed E-state index contributed by atoms with van der Waals surface area (Å²) in [5.41, 5.74) is 12.3. The van der Waals surface area contributed by atoms with Crippen molar-refractivity contribution >= 4 is 29.7 Å². The van der Waals surface area contributed by atoms with Crippen LogP contribution in [0.1, 0.15) is 57.9 Å². The van der Waals surface area contributed by atoms with E-state index in [2.05, 4.69) is 16.0 Å². The van der Waals surface area contributed by atoms with Gasteiger partial charge in [-0.25, -0.2) is 4.79 Å². The number of hydrogen-bond donors (Lipinski definition) is 8. The summed E-state index contributed by atoms with van der Waals surface area (Å²) < 4.78 is 0. The third-order valence-electron chi connectivity index (χ3n) is 6.36. The minimum Gasteiger partial charge on any atom is -0.508 e. The molecule has 1 aromatic rings. The van der Waals surface area contributed by atoms with Crippen LogP contribution in [-0.4, -0.2) is 75.7 Å². The van der Waals surface area contributed by atoms with Crippen molar-refractivity contribution in [3.05, 3.63) is 29.8 Å². The minimum absolute atomic E-state index is 0.0740. The van der Waals surface area contributed by atoms with Crippen LogP contribution >= 0.6 is 0 Å². The van der Waals surface area contributed by atoms with Crippen molar-refractivity contribution in [2.45, 2.75) is 83.0 Å². The van der Waals surface area contributed by atoms with E-state index in [4.69, 9.17) is 16.6 Å². The fourth-order valence-corrected chi connectivity index (χ4v) is 3.76. The molecule has 0 aliphatic carbocycles. The molecule has 5 atom stereocenters. The van der Waals surface area contributed by atoms with E-state index < -0.39 is 66.2 Å². The molecule has 3 amide bonds. The van der Waals surface area contributed by atoms with Gasteiger partial charge in [0.1, 0.15) is 23.9 Å². The first kappa shape index (κ1) is 33.3. The normalized spacial score (nSPS) is 14.8. The molecule has 0 saturated heterocycles. The Hall–Kier alpha value is -3.71. The molecule has 5 unspecified atom stereocenters. The molecule has 13 heteroatoms. The molecule has 0 aliphatic rings. The standard InChI is InChI=1S/C26H41N5O8/c1-3-15(2)22(25(37)30-20(26(38)39)11-12-21(33)34)31-24(36)19(6-4-5-13-27)29-23(35)18(28)14-16-7-9-17(32)10-8-16/h7-10,15,18-20,22,32H,3-6,11-14,27-28H2,1-2H3,(H,29,35)(H,30,37)(H,31,36)(H,33,34)(H,38,39). The van der Waals surface area contributed by atoms with Gasteiger partial charge in [0.15, 0.2) is 0 Å². The number of benzene rings is 1. The summed E-state index contributed by atoms with van der Waals surface area (Å²) in [6, 6.07) is 1.60. The Balaban J connectivity index is 3.00. The van der Waals surface area contributed by atoms with Crippen molar-refractivity contribution in [1.82, 2.24) is 16.0 Å². The third-order valence-corrected chi connectivity index (χ3v) is 6.36. The molecule has 10 N–H and O–H groups in total. The van der Waals surface area contributed by atoms with Crippen LogP contribution in [0.4, 0.5) is 0 Å². The fraction of sp³-hybridized carbons (Fsp3) is 0.577. The third kappa shape index (κ3) is 12.1. The van der Waals surface area contributed by atoms with E-state index in [0.717, 1.165) is 0 Å². The monoisotopic (exact) mass is 551 g/mol. The molecule has 218 valence electrons. The number of carboxylic acid groups (broad SMARTS) is 2. The lowest BCUT2D eigenvalue weighted by Crippen LogP contribution is -2.58. The van der Waals surface area contributed by atoms with Gasteiger partial charge in [0, 0.05) is 6.42 Å². The number of aliphatic carboxylic acids is 2. The Morgan fingerprint density at radius 1 is 0.872 bits per heavy atom. The Morgan fingerprint density at radius 2 is 1.49 bits per heavy atom. The van der Waals surface area contributed by atoms with Gasteiger partial charge < -0.3 is 42.7 Å². The lowest BCUT2D eigenvalue weighted by Gasteiger charge is -2.28. The van der Waals surface area contributed by atoms with E-state index in [1.165, 1.54) is 12.1 Å². The van der Waals surface area contributed by atoms with Gasteiger partial charge in [-0.1, -0.05) is 32.4 Å². The SMILES string of the molecule is CCC(C)C(NC(=O)C(CCCCN)NC(=O)C(N)Cc1ccc(O)cc1)C(=O)NC(CCC(=O)O)C(=O)O. The molecule has 1 aromatic carbocycles. The predicted molar refractivity (Wildman–Crippen MR) is 142 cm³/mol. The van der Waals surface area contributed by atoms with Gasteiger partial charge in [-0.05, 0) is 62.3 Å². The van der Waals surface area contributed by atoms with E-state index >= 15 is 0 Å². The highest BCUT2D eigenvalue weighted by Crippen LogP contribution is 2.13. The van der Waals surface area contributed by atoms with Crippen LogP contribution in [0.25, 0.3) is 0 Å². The first-order valence-corrected chi connectivity index (χ1v) is 13.0. The summed E-state index contributed by atoms with van der Waals surface area (Å²) in [4.78, 5) is 61.5. The van der Waals surface area contributed by atoms with E-state index in [9.17, 15) is 34.2 Å². The van der Waals surface area contributed by atoms with Gasteiger partial charge in [0.25, 0.3) is 0 Å². The maximum absolute atomic E-state index is 13.3. The van der Waals surface area contributed by atoms with Gasteiger partial charge in [-0.15, -0.1) is 0 Å². The van der Waals surface area contributed by atoms with Crippen LogP contribution < -0.4 is 27.4 Å². The number of unbranched alkanes of at least 4 members (excludes halogenated alkanes) is 1. The van der Waals surface area contributed by atoms with Crippen LogP contribution in [0.5, 0.6) is 5.75 Å². The highest BCUT2D eigenvalue weighted by atomic mass is 16.4. The van der Waals surface area contributed by atoms with Gasteiger partial charge in [0.05, 0.1) is 6.04 Å². The predicted octanol–water partition coefficient (Wildman–Crippen LogP) is -0.159. The zero-order valence-electron chi connectivity index (χ0n) is 22.4. The molecule has 0 spiro atoms. The summed E-state index contributed by atoms with van der Waals surface area (Å²) in [7, 11) is 0. The number of carbonyl (C=O) groups excluding carboxylic acids is 3. The van der Waals surface area contributed by atoms with Crippen LogP contribution in [0.15, 0.2) is 24.3 Å². The molecule has 39 heavy (non-hydrogen) atoms. The Kier molecular flexibility index (Phi) is 14.5. The average molecular weight is 552 g/mol. The van der Waals surface area contributed by atoms with Gasteiger partial charge in [0.2, 0.25) is 17.7 Å². The number of amides is 3. The molecular formula is C26H41N5O8. The number of rotatable bonds is 18. The van der Waals surface area contributed by atoms with E-state index in [1.807, 2.05) is 0 Å². The highest BCUT2D eigenvalue weighted by Gasteiger charge is 2.32. The van der Waals surface area contributed by atoms with Crippen molar-refractivity contribution in [1.29, 1.82) is 0 Å². The summed E-state index contributed by atoms with van der Waals surface area (Å²) in [5.74, 6) is -4.93. The smallest absolute Gasteiger partial charge is 0.326 e. The number of hydrogen-bond acceptors (Lipinski definition) is 8. The maximum atomic E-state index is 13.3. The van der Waals surface area contributed by atoms with Crippen LogP contribution in [-0.2, 0) is 30.4 Å². The van der Waals surface area contributed by atoms with Crippen molar-refractivity contribution in [3.63, 3.8) is 0 Å². The van der Waals surface area contributed by atoms with Crippen molar-refractivity contribution in [2.75, 3.05) is 6.54 Å². The summed E-state index contributed by atoms with van der Waals surface area (Å²) in [5, 5.41) is 35.3. The van der Waals surface area contributed by atoms with E-state index in [-0.39, 0.29) is 25.0 Å². The molecule has 0 fully saturated rings. The first-order chi connectivity index (χ1) is 18.4. The molecular weight excluding hydrogens is 510 g/mol. The zero-order valence-corrected chi connectivity index (χ0v) is 22.4. The van der Waals surface area contributed by atoms with Crippen molar-refractivity contribution in [2.24, 2.45) is 17.4 Å². The Morgan fingerprint density at radius 3 is 2.03 bits per heavy atom. The molecule has 0 aliphatic heterocycles. The number of nitrogens with one attached hydrogen (secondary N) is 3. The molecule has 1 rings (SSSR count). The molecule has 0 heterocycles. The van der Waals surface area contributed by atoms with Gasteiger partial charge >= 0.3 is 11.9 Å². The molecule has 0 bridgehead atoms. The first-order valence-electron chi connectivity index (χ1n) is 13.0. The van der Waals surface area contributed by atoms with E-state index in [0.29, 0.717) is 31.4 Å². The van der Waals surface area contributed by atoms with Crippen LogP contribution in [0.3, 0.4) is 0 Å². The van der Waals surface area contributed by atoms with Crippen molar-refractivity contribution in [3.8, 4) is 5.75 Å². The molecule has 0 aromatic heterocycles. The summed E-state index contributed by atoms with van der Waals surface area (Å²) >= 11 is 0. The lowest BCUT2D eigenvalue weighted by molar-refractivity contribution is -0.143. The second-order valence-corrected chi connectivity index (χ2v) is 9.53. The number of phenols is 1. The van der Waals surface area contributed by atoms with Gasteiger partial charge in [-0.2, -0.15) is 0 Å². The summed E-state index contributed by atoms with van der Waals surface area (Å²) in [6.07, 6.45) is 1.18. The topological polar surface area (TPSA) is 234 Å². The Labute approximate surface area is 227 Å². The quantitative estimate of drug-likeness (QED) is 0.112.